The van der Waals surface area contributed by atoms with Gasteiger partial charge in [0, 0.05) is 13.1 Å². The van der Waals surface area contributed by atoms with Gasteiger partial charge in [-0.1, -0.05) is 19.3 Å². The van der Waals surface area contributed by atoms with Crippen molar-refractivity contribution >= 4 is 12.1 Å². The fourth-order valence-corrected chi connectivity index (χ4v) is 3.16. The van der Waals surface area contributed by atoms with Gasteiger partial charge < -0.3 is 14.7 Å². The van der Waals surface area contributed by atoms with Crippen LogP contribution >= 0.6 is 0 Å². The summed E-state index contributed by atoms with van der Waals surface area (Å²) < 4.78 is 5.34. The summed E-state index contributed by atoms with van der Waals surface area (Å²) in [5, 5.41) is 9.43. The van der Waals surface area contributed by atoms with Crippen molar-refractivity contribution in [3.8, 4) is 0 Å². The fourth-order valence-electron chi connectivity index (χ4n) is 3.16. The van der Waals surface area contributed by atoms with Crippen molar-refractivity contribution < 1.29 is 19.4 Å². The molecule has 1 saturated carbocycles. The van der Waals surface area contributed by atoms with Crippen molar-refractivity contribution in [1.82, 2.24) is 4.90 Å². The van der Waals surface area contributed by atoms with E-state index in [9.17, 15) is 14.7 Å². The van der Waals surface area contributed by atoms with Crippen molar-refractivity contribution in [3.63, 3.8) is 0 Å². The molecule has 1 N–H and O–H groups in total. The number of carbonyl (C=O) groups excluding carboxylic acids is 1. The molecule has 2 unspecified atom stereocenters. The molecule has 0 radical (unpaired) electrons. The molecule has 0 aromatic carbocycles. The van der Waals surface area contributed by atoms with E-state index in [1.165, 1.54) is 6.42 Å². The number of ether oxygens (including phenoxy) is 1. The highest BCUT2D eigenvalue weighted by Crippen LogP contribution is 2.41. The van der Waals surface area contributed by atoms with Gasteiger partial charge in [-0.3, -0.25) is 4.79 Å². The van der Waals surface area contributed by atoms with Gasteiger partial charge in [0.15, 0.2) is 0 Å². The van der Waals surface area contributed by atoms with Crippen LogP contribution < -0.4 is 0 Å². The Morgan fingerprint density at radius 1 is 1.20 bits per heavy atom. The van der Waals surface area contributed by atoms with Crippen LogP contribution in [0.3, 0.4) is 0 Å². The maximum atomic E-state index is 12.1. The Balaban J connectivity index is 1.99. The van der Waals surface area contributed by atoms with E-state index in [2.05, 4.69) is 0 Å². The molecule has 0 bridgehead atoms. The van der Waals surface area contributed by atoms with Gasteiger partial charge in [0.25, 0.3) is 0 Å². The molecule has 20 heavy (non-hydrogen) atoms. The third-order valence-electron chi connectivity index (χ3n) is 4.39. The van der Waals surface area contributed by atoms with E-state index in [1.807, 2.05) is 20.8 Å². The predicted molar refractivity (Wildman–Crippen MR) is 74.4 cm³/mol. The lowest BCUT2D eigenvalue weighted by atomic mass is 9.68. The number of amides is 1. The molecule has 2 rings (SSSR count). The predicted octanol–water partition coefficient (Wildman–Crippen LogP) is 2.74. The van der Waals surface area contributed by atoms with Gasteiger partial charge in [-0.25, -0.2) is 4.79 Å². The average molecular weight is 283 g/mol. The summed E-state index contributed by atoms with van der Waals surface area (Å²) in [5.74, 6) is -0.464. The number of carbonyl (C=O) groups is 2. The Labute approximate surface area is 120 Å². The summed E-state index contributed by atoms with van der Waals surface area (Å²) in [4.78, 5) is 25.1. The van der Waals surface area contributed by atoms with Crippen molar-refractivity contribution in [2.45, 2.75) is 52.1 Å². The second kappa shape index (κ2) is 5.62. The molecule has 1 aliphatic carbocycles. The van der Waals surface area contributed by atoms with E-state index in [1.54, 1.807) is 4.90 Å². The lowest BCUT2D eigenvalue weighted by Gasteiger charge is -2.43. The molecule has 5 heteroatoms. The minimum Gasteiger partial charge on any atom is -0.481 e. The van der Waals surface area contributed by atoms with Gasteiger partial charge >= 0.3 is 12.1 Å². The van der Waals surface area contributed by atoms with Crippen LogP contribution in [0.1, 0.15) is 46.5 Å². The van der Waals surface area contributed by atoms with Crippen molar-refractivity contribution in [3.05, 3.63) is 0 Å². The van der Waals surface area contributed by atoms with E-state index in [0.717, 1.165) is 19.3 Å². The first-order chi connectivity index (χ1) is 9.28. The minimum absolute atomic E-state index is 0.222. The Morgan fingerprint density at radius 3 is 2.30 bits per heavy atom. The molecular weight excluding hydrogens is 258 g/mol. The molecule has 0 aromatic rings. The second-order valence-corrected chi connectivity index (χ2v) is 7.01. The number of nitrogens with zero attached hydrogens (tertiary/aromatic N) is 1. The quantitative estimate of drug-likeness (QED) is 0.846. The normalized spacial score (nSPS) is 27.9. The highest BCUT2D eigenvalue weighted by Gasteiger charge is 2.42. The van der Waals surface area contributed by atoms with Gasteiger partial charge in [-0.15, -0.1) is 0 Å². The largest absolute Gasteiger partial charge is 0.481 e. The molecule has 1 heterocycles. The molecule has 2 fully saturated rings. The van der Waals surface area contributed by atoms with E-state index >= 15 is 0 Å². The number of rotatable bonds is 2. The molecule has 2 atom stereocenters. The SMILES string of the molecule is CC(C)(C)OC(=O)N1CCC(C2CCC2)C(C(=O)O)C1. The van der Waals surface area contributed by atoms with Gasteiger partial charge in [-0.05, 0) is 39.0 Å². The first kappa shape index (κ1) is 15.1. The Morgan fingerprint density at radius 2 is 1.85 bits per heavy atom. The Bertz CT molecular complexity index is 384. The lowest BCUT2D eigenvalue weighted by molar-refractivity contribution is -0.147. The van der Waals surface area contributed by atoms with Crippen molar-refractivity contribution in [2.24, 2.45) is 17.8 Å². The first-order valence-electron chi connectivity index (χ1n) is 7.48. The zero-order valence-electron chi connectivity index (χ0n) is 12.6. The van der Waals surface area contributed by atoms with Crippen LogP contribution in [0.5, 0.6) is 0 Å². The zero-order valence-corrected chi connectivity index (χ0v) is 12.6. The number of carboxylic acid groups (broad SMARTS) is 1. The van der Waals surface area contributed by atoms with Gasteiger partial charge in [0.2, 0.25) is 0 Å². The summed E-state index contributed by atoms with van der Waals surface area (Å²) in [5.41, 5.74) is -0.541. The Kier molecular flexibility index (Phi) is 4.25. The number of likely N-dealkylation sites (tertiary alicyclic amines) is 1. The molecule has 1 aliphatic heterocycles. The van der Waals surface area contributed by atoms with E-state index in [0.29, 0.717) is 12.5 Å². The van der Waals surface area contributed by atoms with Crippen molar-refractivity contribution in [1.29, 1.82) is 0 Å². The van der Waals surface area contributed by atoms with Crippen LogP contribution in [0.4, 0.5) is 4.79 Å². The van der Waals surface area contributed by atoms with Crippen LogP contribution in [0.25, 0.3) is 0 Å². The summed E-state index contributed by atoms with van der Waals surface area (Å²) in [6, 6.07) is 0. The monoisotopic (exact) mass is 283 g/mol. The van der Waals surface area contributed by atoms with E-state index in [4.69, 9.17) is 4.74 Å². The molecule has 114 valence electrons. The van der Waals surface area contributed by atoms with E-state index in [-0.39, 0.29) is 12.5 Å². The topological polar surface area (TPSA) is 66.8 Å². The van der Waals surface area contributed by atoms with Crippen molar-refractivity contribution in [2.75, 3.05) is 13.1 Å². The molecular formula is C15H25NO4. The van der Waals surface area contributed by atoms with Gasteiger partial charge in [0.1, 0.15) is 5.60 Å². The standard InChI is InChI=1S/C15H25NO4/c1-15(2,3)20-14(19)16-8-7-11(10-5-4-6-10)12(9-16)13(17)18/h10-12H,4-9H2,1-3H3,(H,17,18). The minimum atomic E-state index is -0.782. The van der Waals surface area contributed by atoms with Gasteiger partial charge in [-0.2, -0.15) is 0 Å². The summed E-state index contributed by atoms with van der Waals surface area (Å²) in [6.45, 7) is 6.35. The molecule has 2 aliphatic rings. The second-order valence-electron chi connectivity index (χ2n) is 7.01. The summed E-state index contributed by atoms with van der Waals surface area (Å²) >= 11 is 0. The van der Waals surface area contributed by atoms with Crippen LogP contribution in [0.2, 0.25) is 0 Å². The molecule has 5 nitrogen and oxygen atoms in total. The third-order valence-corrected chi connectivity index (χ3v) is 4.39. The lowest BCUT2D eigenvalue weighted by Crippen LogP contribution is -2.50. The van der Waals surface area contributed by atoms with Crippen LogP contribution in [-0.4, -0.2) is 40.8 Å². The molecule has 0 aromatic heterocycles. The third kappa shape index (κ3) is 3.44. The highest BCUT2D eigenvalue weighted by atomic mass is 16.6. The maximum absolute atomic E-state index is 12.1. The van der Waals surface area contributed by atoms with Crippen LogP contribution in [-0.2, 0) is 9.53 Å². The zero-order chi connectivity index (χ0) is 14.9. The van der Waals surface area contributed by atoms with Gasteiger partial charge in [0.05, 0.1) is 5.92 Å². The number of hydrogen-bond donors (Lipinski definition) is 1. The molecule has 0 spiro atoms. The molecule has 1 saturated heterocycles. The first-order valence-corrected chi connectivity index (χ1v) is 7.48. The van der Waals surface area contributed by atoms with Crippen LogP contribution in [0, 0.1) is 17.8 Å². The number of hydrogen-bond acceptors (Lipinski definition) is 3. The van der Waals surface area contributed by atoms with Crippen LogP contribution in [0.15, 0.2) is 0 Å². The average Bonchev–Trinajstić information content (AvgIpc) is 2.24. The summed E-state index contributed by atoms with van der Waals surface area (Å²) in [6.07, 6.45) is 3.88. The fraction of sp³-hybridized carbons (Fsp3) is 0.867. The number of piperidine rings is 1. The smallest absolute Gasteiger partial charge is 0.410 e. The van der Waals surface area contributed by atoms with E-state index < -0.39 is 23.6 Å². The maximum Gasteiger partial charge on any atom is 0.410 e. The number of aliphatic carboxylic acids is 1. The highest BCUT2D eigenvalue weighted by molar-refractivity contribution is 5.73. The molecule has 1 amide bonds. The number of carboxylic acids is 1. The Hall–Kier alpha value is -1.26. The summed E-state index contributed by atoms with van der Waals surface area (Å²) in [7, 11) is 0.